The number of carbonyl (C=O) groups is 1. The third-order valence-electron chi connectivity index (χ3n) is 4.72. The number of anilines is 1. The van der Waals surface area contributed by atoms with Gasteiger partial charge in [-0.3, -0.25) is 4.79 Å². The monoisotopic (exact) mass is 460 g/mol. The number of fused-ring (bicyclic) bond motifs is 1. The minimum atomic E-state index is -3.97. The molecule has 160 valence electrons. The predicted molar refractivity (Wildman–Crippen MR) is 113 cm³/mol. The highest BCUT2D eigenvalue weighted by molar-refractivity contribution is 7.89. The lowest BCUT2D eigenvalue weighted by Gasteiger charge is -2.23. The van der Waals surface area contributed by atoms with Crippen molar-refractivity contribution in [3.63, 3.8) is 0 Å². The van der Waals surface area contributed by atoms with Crippen LogP contribution in [0.15, 0.2) is 59.5 Å². The Morgan fingerprint density at radius 3 is 2.52 bits per heavy atom. The quantitative estimate of drug-likeness (QED) is 0.508. The van der Waals surface area contributed by atoms with Gasteiger partial charge in [0.05, 0.1) is 4.90 Å². The molecule has 2 atom stereocenters. The lowest BCUT2D eigenvalue weighted by atomic mass is 10.0. The lowest BCUT2D eigenvalue weighted by Crippen LogP contribution is -2.38. The third-order valence-corrected chi connectivity index (χ3v) is 6.53. The maximum absolute atomic E-state index is 12.4. The van der Waals surface area contributed by atoms with Gasteiger partial charge in [-0.05, 0) is 58.8 Å². The summed E-state index contributed by atoms with van der Waals surface area (Å²) in [5.74, 6) is -0.825. The number of aliphatic carboxylic acids is 1. The van der Waals surface area contributed by atoms with E-state index in [9.17, 15) is 13.2 Å². The molecule has 0 spiro atoms. The second kappa shape index (κ2) is 8.10. The fraction of sp³-hybridized carbons (Fsp3) is 0.158. The van der Waals surface area contributed by atoms with Crippen molar-refractivity contribution in [2.45, 2.75) is 23.9 Å². The Morgan fingerprint density at radius 2 is 1.87 bits per heavy atom. The summed E-state index contributed by atoms with van der Waals surface area (Å²) in [7, 11) is -3.97. The Kier molecular flexibility index (Phi) is 5.48. The van der Waals surface area contributed by atoms with Gasteiger partial charge in [0, 0.05) is 10.7 Å². The van der Waals surface area contributed by atoms with Crippen LogP contribution in [0.1, 0.15) is 24.1 Å². The molecule has 0 saturated carbocycles. The standard InChI is InChI=1S/C19H17ClN6O4S/c1-11(18(27)28)23-31(29,30)15-8-4-12(5-9-15)16-10-17(13-2-6-14(20)7-3-13)26-19(21-16)22-24-25-26/h2-11,17,23H,1H3,(H,27,28)(H,21,22,25). The van der Waals surface area contributed by atoms with E-state index in [0.29, 0.717) is 22.2 Å². The van der Waals surface area contributed by atoms with E-state index >= 15 is 0 Å². The first-order valence-electron chi connectivity index (χ1n) is 9.12. The summed E-state index contributed by atoms with van der Waals surface area (Å²) in [6, 6.07) is 11.8. The van der Waals surface area contributed by atoms with Crippen molar-refractivity contribution in [3.05, 3.63) is 70.8 Å². The molecule has 2 heterocycles. The summed E-state index contributed by atoms with van der Waals surface area (Å²) in [4.78, 5) is 10.9. The van der Waals surface area contributed by atoms with Crippen LogP contribution < -0.4 is 10.0 Å². The molecule has 3 N–H and O–H groups in total. The molecule has 2 unspecified atom stereocenters. The molecule has 1 aromatic heterocycles. The van der Waals surface area contributed by atoms with Crippen molar-refractivity contribution < 1.29 is 18.3 Å². The van der Waals surface area contributed by atoms with Crippen LogP contribution in [0.2, 0.25) is 5.02 Å². The molecule has 1 aliphatic rings. The number of carboxylic acids is 1. The Balaban J connectivity index is 1.65. The normalized spacial score (nSPS) is 16.7. The van der Waals surface area contributed by atoms with Crippen LogP contribution in [0.3, 0.4) is 0 Å². The zero-order valence-corrected chi connectivity index (χ0v) is 17.7. The van der Waals surface area contributed by atoms with E-state index in [1.807, 2.05) is 18.2 Å². The Labute approximate surface area is 182 Å². The van der Waals surface area contributed by atoms with E-state index in [2.05, 4.69) is 25.6 Å². The van der Waals surface area contributed by atoms with Gasteiger partial charge < -0.3 is 10.4 Å². The van der Waals surface area contributed by atoms with Crippen molar-refractivity contribution in [1.82, 2.24) is 24.9 Å². The first-order chi connectivity index (χ1) is 14.7. The van der Waals surface area contributed by atoms with Gasteiger partial charge in [-0.2, -0.15) is 9.40 Å². The average molecular weight is 461 g/mol. The van der Waals surface area contributed by atoms with Crippen molar-refractivity contribution >= 4 is 39.2 Å². The summed E-state index contributed by atoms with van der Waals surface area (Å²) in [6.45, 7) is 1.26. The largest absolute Gasteiger partial charge is 0.480 e. The molecule has 0 fully saturated rings. The second-order valence-corrected chi connectivity index (χ2v) is 9.00. The number of benzene rings is 2. The van der Waals surface area contributed by atoms with Gasteiger partial charge in [-0.15, -0.1) is 0 Å². The molecular formula is C19H17ClN6O4S. The Bertz CT molecular complexity index is 1260. The van der Waals surface area contributed by atoms with Crippen LogP contribution in [0.25, 0.3) is 5.70 Å². The fourth-order valence-electron chi connectivity index (χ4n) is 3.08. The lowest BCUT2D eigenvalue weighted by molar-refractivity contribution is -0.138. The van der Waals surface area contributed by atoms with Crippen LogP contribution >= 0.6 is 11.6 Å². The molecule has 0 aliphatic carbocycles. The van der Waals surface area contributed by atoms with E-state index in [1.165, 1.54) is 19.1 Å². The van der Waals surface area contributed by atoms with Gasteiger partial charge in [0.15, 0.2) is 0 Å². The Hall–Kier alpha value is -3.28. The summed E-state index contributed by atoms with van der Waals surface area (Å²) in [6.07, 6.45) is 1.92. The maximum atomic E-state index is 12.4. The zero-order chi connectivity index (χ0) is 22.2. The first kappa shape index (κ1) is 21.0. The number of nitrogens with one attached hydrogen (secondary N) is 2. The maximum Gasteiger partial charge on any atom is 0.321 e. The van der Waals surface area contributed by atoms with Gasteiger partial charge in [0.1, 0.15) is 12.1 Å². The van der Waals surface area contributed by atoms with Crippen LogP contribution in [-0.4, -0.2) is 45.7 Å². The minimum absolute atomic E-state index is 0.0418. The van der Waals surface area contributed by atoms with Gasteiger partial charge in [0.25, 0.3) is 0 Å². The van der Waals surface area contributed by atoms with Crippen molar-refractivity contribution in [2.75, 3.05) is 5.32 Å². The number of hydrogen-bond acceptors (Lipinski definition) is 7. The molecule has 10 nitrogen and oxygen atoms in total. The number of sulfonamides is 1. The molecule has 0 amide bonds. The predicted octanol–water partition coefficient (Wildman–Crippen LogP) is 2.13. The molecule has 0 saturated heterocycles. The molecule has 0 bridgehead atoms. The van der Waals surface area contributed by atoms with Gasteiger partial charge in [-0.25, -0.2) is 8.42 Å². The van der Waals surface area contributed by atoms with E-state index in [-0.39, 0.29) is 10.9 Å². The Morgan fingerprint density at radius 1 is 1.19 bits per heavy atom. The highest BCUT2D eigenvalue weighted by atomic mass is 35.5. The molecule has 2 aromatic carbocycles. The van der Waals surface area contributed by atoms with Crippen LogP contribution in [0.4, 0.5) is 5.95 Å². The second-order valence-electron chi connectivity index (χ2n) is 6.85. The summed E-state index contributed by atoms with van der Waals surface area (Å²) in [5.41, 5.74) is 2.32. The van der Waals surface area contributed by atoms with Crippen LogP contribution in [0.5, 0.6) is 0 Å². The number of allylic oxidation sites excluding steroid dienone is 1. The van der Waals surface area contributed by atoms with Crippen molar-refractivity contribution in [2.24, 2.45) is 0 Å². The first-order valence-corrected chi connectivity index (χ1v) is 11.0. The number of hydrogen-bond donors (Lipinski definition) is 3. The third kappa shape index (κ3) is 4.29. The smallest absolute Gasteiger partial charge is 0.321 e. The molecule has 0 radical (unpaired) electrons. The molecule has 31 heavy (non-hydrogen) atoms. The number of carboxylic acid groups (broad SMARTS) is 1. The van der Waals surface area contributed by atoms with Crippen LogP contribution in [-0.2, 0) is 14.8 Å². The SMILES string of the molecule is CC(NS(=O)(=O)c1ccc(C2=CC(c3ccc(Cl)cc3)n3nnnc3N2)cc1)C(=O)O. The number of rotatable bonds is 6. The summed E-state index contributed by atoms with van der Waals surface area (Å²) < 4.78 is 28.5. The molecule has 12 heteroatoms. The van der Waals surface area contributed by atoms with E-state index < -0.39 is 22.0 Å². The van der Waals surface area contributed by atoms with Crippen molar-refractivity contribution in [3.8, 4) is 0 Å². The number of nitrogens with zero attached hydrogens (tertiary/aromatic N) is 4. The molecule has 1 aliphatic heterocycles. The van der Waals surface area contributed by atoms with Gasteiger partial charge in [-0.1, -0.05) is 41.0 Å². The van der Waals surface area contributed by atoms with Crippen molar-refractivity contribution in [1.29, 1.82) is 0 Å². The summed E-state index contributed by atoms with van der Waals surface area (Å²) >= 11 is 5.99. The van der Waals surface area contributed by atoms with Crippen LogP contribution in [0, 0.1) is 0 Å². The van der Waals surface area contributed by atoms with Gasteiger partial charge in [0.2, 0.25) is 16.0 Å². The number of tetrazole rings is 1. The van der Waals surface area contributed by atoms with E-state index in [1.54, 1.807) is 28.9 Å². The topological polar surface area (TPSA) is 139 Å². The highest BCUT2D eigenvalue weighted by Gasteiger charge is 2.25. The fourth-order valence-corrected chi connectivity index (χ4v) is 4.41. The summed E-state index contributed by atoms with van der Waals surface area (Å²) in [5, 5.41) is 24.4. The van der Waals surface area contributed by atoms with E-state index in [4.69, 9.17) is 16.7 Å². The minimum Gasteiger partial charge on any atom is -0.480 e. The zero-order valence-electron chi connectivity index (χ0n) is 16.1. The number of halogens is 1. The average Bonchev–Trinajstić information content (AvgIpc) is 3.22. The molecule has 4 rings (SSSR count). The number of aromatic nitrogens is 4. The van der Waals surface area contributed by atoms with Gasteiger partial charge >= 0.3 is 5.97 Å². The molecule has 3 aromatic rings. The van der Waals surface area contributed by atoms with E-state index in [0.717, 1.165) is 5.56 Å². The highest BCUT2D eigenvalue weighted by Crippen LogP contribution is 2.32. The molecular weight excluding hydrogens is 444 g/mol.